The molecule has 1 amide bonds. The number of rotatable bonds is 4. The Hall–Kier alpha value is -1.23. The van der Waals surface area contributed by atoms with Gasteiger partial charge < -0.3 is 4.90 Å². The molecule has 0 radical (unpaired) electrons. The lowest BCUT2D eigenvalue weighted by molar-refractivity contribution is -0.137. The Balaban J connectivity index is 2.71. The van der Waals surface area contributed by atoms with E-state index >= 15 is 0 Å². The maximum atomic E-state index is 12.4. The third-order valence-corrected chi connectivity index (χ3v) is 3.36. The molecular weight excluding hydrogens is 279 g/mol. The molecule has 2 nitrogen and oxygen atoms in total. The average molecular weight is 294 g/mol. The predicted molar refractivity (Wildman–Crippen MR) is 68.1 cm³/mol. The molecule has 1 atom stereocenters. The summed E-state index contributed by atoms with van der Waals surface area (Å²) in [6.07, 6.45) is -4.29. The number of hydrogen-bond donors (Lipinski definition) is 0. The molecule has 1 rings (SSSR count). The smallest absolute Gasteiger partial charge is 0.342 e. The van der Waals surface area contributed by atoms with Crippen molar-refractivity contribution in [3.63, 3.8) is 0 Å². The summed E-state index contributed by atoms with van der Waals surface area (Å²) in [7, 11) is 1.62. The summed E-state index contributed by atoms with van der Waals surface area (Å²) in [5, 5.41) is 0. The molecule has 0 aliphatic rings. The van der Waals surface area contributed by atoms with Gasteiger partial charge in [-0.2, -0.15) is 13.2 Å². The summed E-state index contributed by atoms with van der Waals surface area (Å²) in [6, 6.07) is 4.49. The van der Waals surface area contributed by atoms with Crippen LogP contribution in [0.3, 0.4) is 0 Å². The number of halogens is 4. The average Bonchev–Trinajstić information content (AvgIpc) is 2.36. The fourth-order valence-corrected chi connectivity index (χ4v) is 1.67. The van der Waals surface area contributed by atoms with E-state index in [9.17, 15) is 18.0 Å². The Morgan fingerprint density at radius 2 is 1.84 bits per heavy atom. The maximum absolute atomic E-state index is 12.4. The van der Waals surface area contributed by atoms with Gasteiger partial charge in [0.25, 0.3) is 0 Å². The first-order valence-electron chi connectivity index (χ1n) is 5.73. The van der Waals surface area contributed by atoms with Gasteiger partial charge in [0.15, 0.2) is 0 Å². The van der Waals surface area contributed by atoms with E-state index in [0.717, 1.165) is 12.1 Å². The predicted octanol–water partition coefficient (Wildman–Crippen LogP) is 3.33. The van der Waals surface area contributed by atoms with Gasteiger partial charge in [0.05, 0.1) is 12.0 Å². The molecule has 0 aliphatic heterocycles. The van der Waals surface area contributed by atoms with Gasteiger partial charge in [0, 0.05) is 19.0 Å². The minimum Gasteiger partial charge on any atom is -0.342 e. The molecule has 0 N–H and O–H groups in total. The molecule has 19 heavy (non-hydrogen) atoms. The van der Waals surface area contributed by atoms with Crippen molar-refractivity contribution < 1.29 is 18.0 Å². The topological polar surface area (TPSA) is 20.3 Å². The maximum Gasteiger partial charge on any atom is 0.416 e. The summed E-state index contributed by atoms with van der Waals surface area (Å²) >= 11 is 5.65. The van der Waals surface area contributed by atoms with Crippen molar-refractivity contribution >= 4 is 17.5 Å². The normalized spacial score (nSPS) is 13.2. The number of likely N-dealkylation sites (N-methyl/N-ethyl adjacent to an activating group) is 1. The van der Waals surface area contributed by atoms with Crippen LogP contribution in [-0.2, 0) is 17.4 Å². The second kappa shape index (κ2) is 6.28. The summed E-state index contributed by atoms with van der Waals surface area (Å²) in [5.41, 5.74) is -0.169. The van der Waals surface area contributed by atoms with Gasteiger partial charge in [-0.05, 0) is 24.6 Å². The first-order chi connectivity index (χ1) is 8.75. The molecule has 0 saturated heterocycles. The molecule has 0 bridgehead atoms. The molecule has 0 fully saturated rings. The van der Waals surface area contributed by atoms with Gasteiger partial charge in [0.1, 0.15) is 0 Å². The highest BCUT2D eigenvalue weighted by atomic mass is 35.5. The van der Waals surface area contributed by atoms with Gasteiger partial charge in [-0.3, -0.25) is 4.79 Å². The van der Waals surface area contributed by atoms with Gasteiger partial charge in [-0.25, -0.2) is 0 Å². The van der Waals surface area contributed by atoms with Crippen LogP contribution in [0.1, 0.15) is 18.1 Å². The highest BCUT2D eigenvalue weighted by molar-refractivity contribution is 6.18. The zero-order valence-electron chi connectivity index (χ0n) is 10.7. The molecule has 0 aromatic heterocycles. The molecule has 0 saturated carbocycles. The second-order valence-electron chi connectivity index (χ2n) is 4.38. The lowest BCUT2D eigenvalue weighted by atomic mass is 10.1. The molecule has 106 valence electrons. The molecule has 0 spiro atoms. The fourth-order valence-electron chi connectivity index (χ4n) is 1.46. The summed E-state index contributed by atoms with van der Waals surface area (Å²) in [5.74, 6) is 0.142. The highest BCUT2D eigenvalue weighted by Crippen LogP contribution is 2.29. The minimum atomic E-state index is -4.35. The van der Waals surface area contributed by atoms with E-state index in [2.05, 4.69) is 0 Å². The third kappa shape index (κ3) is 4.42. The van der Waals surface area contributed by atoms with E-state index in [-0.39, 0.29) is 18.4 Å². The molecular formula is C13H15ClF3NO. The number of benzene rings is 1. The molecule has 1 unspecified atom stereocenters. The highest BCUT2D eigenvalue weighted by Gasteiger charge is 2.30. The SMILES string of the molecule is CC(CCl)N(C)C(=O)Cc1ccc(C(F)(F)F)cc1. The Bertz CT molecular complexity index is 431. The Morgan fingerprint density at radius 1 is 1.32 bits per heavy atom. The van der Waals surface area contributed by atoms with Crippen LogP contribution in [0, 0.1) is 0 Å². The van der Waals surface area contributed by atoms with Gasteiger partial charge in [-0.15, -0.1) is 11.6 Å². The summed E-state index contributed by atoms with van der Waals surface area (Å²) < 4.78 is 37.1. The van der Waals surface area contributed by atoms with Crippen molar-refractivity contribution in [3.8, 4) is 0 Å². The van der Waals surface area contributed by atoms with E-state index in [1.54, 1.807) is 14.0 Å². The lowest BCUT2D eigenvalue weighted by Crippen LogP contribution is -2.37. The quantitative estimate of drug-likeness (QED) is 0.780. The van der Waals surface area contributed by atoms with Gasteiger partial charge in [0.2, 0.25) is 5.91 Å². The van der Waals surface area contributed by atoms with Crippen LogP contribution in [0.4, 0.5) is 13.2 Å². The summed E-state index contributed by atoms with van der Waals surface area (Å²) in [6.45, 7) is 1.80. The van der Waals surface area contributed by atoms with Crippen molar-refractivity contribution in [1.29, 1.82) is 0 Å². The Morgan fingerprint density at radius 3 is 2.26 bits per heavy atom. The Labute approximate surface area is 115 Å². The largest absolute Gasteiger partial charge is 0.416 e. The number of hydrogen-bond acceptors (Lipinski definition) is 1. The van der Waals surface area contributed by atoms with Crippen molar-refractivity contribution in [2.45, 2.75) is 25.6 Å². The van der Waals surface area contributed by atoms with Crippen LogP contribution < -0.4 is 0 Å². The number of nitrogens with zero attached hydrogens (tertiary/aromatic N) is 1. The van der Waals surface area contributed by atoms with Crippen LogP contribution in [0.25, 0.3) is 0 Å². The van der Waals surface area contributed by atoms with Crippen molar-refractivity contribution in [1.82, 2.24) is 4.90 Å². The molecule has 6 heteroatoms. The van der Waals surface area contributed by atoms with E-state index in [1.807, 2.05) is 0 Å². The molecule has 0 heterocycles. The van der Waals surface area contributed by atoms with Crippen LogP contribution in [0.15, 0.2) is 24.3 Å². The standard InChI is InChI=1S/C13H15ClF3NO/c1-9(8-14)18(2)12(19)7-10-3-5-11(6-4-10)13(15,16)17/h3-6,9H,7-8H2,1-2H3. The van der Waals surface area contributed by atoms with Crippen molar-refractivity contribution in [2.75, 3.05) is 12.9 Å². The van der Waals surface area contributed by atoms with E-state index in [1.165, 1.54) is 17.0 Å². The fraction of sp³-hybridized carbons (Fsp3) is 0.462. The monoisotopic (exact) mass is 293 g/mol. The van der Waals surface area contributed by atoms with Crippen molar-refractivity contribution in [3.05, 3.63) is 35.4 Å². The Kier molecular flexibility index (Phi) is 5.23. The first kappa shape index (κ1) is 15.8. The number of carbonyl (C=O) groups is 1. The number of amides is 1. The number of carbonyl (C=O) groups excluding carboxylic acids is 1. The van der Waals surface area contributed by atoms with E-state index < -0.39 is 11.7 Å². The summed E-state index contributed by atoms with van der Waals surface area (Å²) in [4.78, 5) is 13.3. The van der Waals surface area contributed by atoms with E-state index in [4.69, 9.17) is 11.6 Å². The molecule has 1 aromatic carbocycles. The number of alkyl halides is 4. The van der Waals surface area contributed by atoms with Crippen LogP contribution in [0.2, 0.25) is 0 Å². The van der Waals surface area contributed by atoms with Crippen LogP contribution >= 0.6 is 11.6 Å². The molecule has 1 aromatic rings. The third-order valence-electron chi connectivity index (χ3n) is 2.91. The lowest BCUT2D eigenvalue weighted by Gasteiger charge is -2.23. The van der Waals surface area contributed by atoms with Crippen LogP contribution in [0.5, 0.6) is 0 Å². The zero-order valence-corrected chi connectivity index (χ0v) is 11.4. The first-order valence-corrected chi connectivity index (χ1v) is 6.27. The molecule has 0 aliphatic carbocycles. The van der Waals surface area contributed by atoms with Gasteiger partial charge >= 0.3 is 6.18 Å². The van der Waals surface area contributed by atoms with E-state index in [0.29, 0.717) is 11.4 Å². The van der Waals surface area contributed by atoms with Gasteiger partial charge in [-0.1, -0.05) is 12.1 Å². The zero-order chi connectivity index (χ0) is 14.6. The second-order valence-corrected chi connectivity index (χ2v) is 4.69. The minimum absolute atomic E-state index is 0.0653. The van der Waals surface area contributed by atoms with Crippen molar-refractivity contribution in [2.24, 2.45) is 0 Å². The van der Waals surface area contributed by atoms with Crippen LogP contribution in [-0.4, -0.2) is 29.8 Å².